The quantitative estimate of drug-likeness (QED) is 0.434. The van der Waals surface area contributed by atoms with E-state index in [1.54, 1.807) is 5.48 Å². The molecule has 1 unspecified atom stereocenters. The summed E-state index contributed by atoms with van der Waals surface area (Å²) in [5.41, 5.74) is 6.47. The molecule has 0 saturated carbocycles. The minimum Gasteiger partial charge on any atom is -0.289 e. The largest absolute Gasteiger partial charge is 0.289 e. The van der Waals surface area contributed by atoms with E-state index in [-0.39, 0.29) is 12.2 Å². The fourth-order valence-electron chi connectivity index (χ4n) is 4.76. The number of para-hydroxylation sites is 1. The van der Waals surface area contributed by atoms with Crippen molar-refractivity contribution < 1.29 is 18.4 Å². The predicted octanol–water partition coefficient (Wildman–Crippen LogP) is 4.08. The molecule has 1 atom stereocenters. The Hall–Kier alpha value is -2.77. The van der Waals surface area contributed by atoms with Gasteiger partial charge in [0.1, 0.15) is 4.75 Å². The first-order valence-corrected chi connectivity index (χ1v) is 12.7. The normalized spacial score (nSPS) is 20.2. The van der Waals surface area contributed by atoms with Crippen molar-refractivity contribution in [3.05, 3.63) is 77.0 Å². The van der Waals surface area contributed by atoms with Crippen molar-refractivity contribution in [3.8, 4) is 0 Å². The monoisotopic (exact) mass is 452 g/mol. The van der Waals surface area contributed by atoms with E-state index in [0.717, 1.165) is 35.0 Å². The Kier molecular flexibility index (Phi) is 6.31. The highest BCUT2D eigenvalue weighted by Gasteiger charge is 2.48. The minimum atomic E-state index is -3.53. The summed E-state index contributed by atoms with van der Waals surface area (Å²) in [4.78, 5) is 16.7. The number of nitrogens with one attached hydrogen (secondary N) is 1. The van der Waals surface area contributed by atoms with Gasteiger partial charge in [-0.15, -0.1) is 0 Å². The molecule has 168 valence electrons. The van der Waals surface area contributed by atoms with Crippen LogP contribution in [-0.2, 0) is 32.2 Å². The zero-order chi connectivity index (χ0) is 22.8. The van der Waals surface area contributed by atoms with Gasteiger partial charge in [0.05, 0.1) is 17.7 Å². The molecular formula is C25H28N2O4S. The van der Waals surface area contributed by atoms with Gasteiger partial charge in [-0.05, 0) is 54.5 Å². The second kappa shape index (κ2) is 9.00. The lowest BCUT2D eigenvalue weighted by molar-refractivity contribution is -0.130. The van der Waals surface area contributed by atoms with Crippen molar-refractivity contribution in [1.82, 2.24) is 10.5 Å². The van der Waals surface area contributed by atoms with Crippen molar-refractivity contribution in [2.45, 2.75) is 50.2 Å². The molecule has 0 spiro atoms. The lowest BCUT2D eigenvalue weighted by Gasteiger charge is -2.36. The lowest BCUT2D eigenvalue weighted by Crippen LogP contribution is -2.44. The van der Waals surface area contributed by atoms with Gasteiger partial charge >= 0.3 is 0 Å². The van der Waals surface area contributed by atoms with Gasteiger partial charge in [-0.1, -0.05) is 55.8 Å². The molecule has 4 rings (SSSR count). The number of aryl methyl sites for hydroxylation is 1. The van der Waals surface area contributed by atoms with Gasteiger partial charge in [0.25, 0.3) is 0 Å². The summed E-state index contributed by atoms with van der Waals surface area (Å²) >= 11 is 0. The summed E-state index contributed by atoms with van der Waals surface area (Å²) in [6.07, 6.45) is 2.97. The van der Waals surface area contributed by atoms with Crippen LogP contribution >= 0.6 is 0 Å². The summed E-state index contributed by atoms with van der Waals surface area (Å²) in [7, 11) is -3.53. The molecule has 1 aromatic heterocycles. The highest BCUT2D eigenvalue weighted by atomic mass is 32.2. The Balaban J connectivity index is 1.70. The summed E-state index contributed by atoms with van der Waals surface area (Å²) in [6.45, 7) is 2.09. The summed E-state index contributed by atoms with van der Waals surface area (Å²) in [5, 5.41) is 10.1. The third-order valence-corrected chi connectivity index (χ3v) is 9.10. The molecule has 1 amide bonds. The summed E-state index contributed by atoms with van der Waals surface area (Å²) in [5.74, 6) is -0.633. The molecule has 3 aromatic rings. The number of carbonyl (C=O) groups is 1. The van der Waals surface area contributed by atoms with Gasteiger partial charge in [0.15, 0.2) is 9.84 Å². The highest BCUT2D eigenvalue weighted by Crippen LogP contribution is 2.43. The number of fused-ring (bicyclic) bond motifs is 1. The Morgan fingerprint density at radius 3 is 2.56 bits per heavy atom. The van der Waals surface area contributed by atoms with E-state index in [4.69, 9.17) is 10.2 Å². The van der Waals surface area contributed by atoms with E-state index in [1.807, 2.05) is 42.5 Å². The van der Waals surface area contributed by atoms with Crippen molar-refractivity contribution in [2.75, 3.05) is 5.75 Å². The molecular weight excluding hydrogens is 424 g/mol. The van der Waals surface area contributed by atoms with E-state index in [1.165, 1.54) is 5.56 Å². The summed E-state index contributed by atoms with van der Waals surface area (Å²) in [6, 6.07) is 17.8. The maximum atomic E-state index is 13.1. The van der Waals surface area contributed by atoms with Crippen molar-refractivity contribution >= 4 is 26.6 Å². The van der Waals surface area contributed by atoms with Gasteiger partial charge in [-0.3, -0.25) is 15.0 Å². The molecule has 2 N–H and O–H groups in total. The number of sulfone groups is 1. The molecule has 0 radical (unpaired) electrons. The number of carbonyl (C=O) groups excluding carboxylic acids is 1. The van der Waals surface area contributed by atoms with Crippen LogP contribution < -0.4 is 5.48 Å². The minimum absolute atomic E-state index is 0.0518. The maximum Gasteiger partial charge on any atom is 0.245 e. The van der Waals surface area contributed by atoms with E-state index < -0.39 is 20.5 Å². The topological polar surface area (TPSA) is 96.4 Å². The number of aromatic nitrogens is 1. The molecule has 32 heavy (non-hydrogen) atoms. The Bertz CT molecular complexity index is 1240. The smallest absolute Gasteiger partial charge is 0.245 e. The van der Waals surface area contributed by atoms with Gasteiger partial charge in [0.2, 0.25) is 5.91 Å². The number of hydrogen-bond donors (Lipinski definition) is 2. The van der Waals surface area contributed by atoms with Gasteiger partial charge < -0.3 is 0 Å². The first-order chi connectivity index (χ1) is 15.4. The van der Waals surface area contributed by atoms with Crippen LogP contribution in [0.25, 0.3) is 10.9 Å². The predicted molar refractivity (Wildman–Crippen MR) is 124 cm³/mol. The number of hydroxylamine groups is 1. The third kappa shape index (κ3) is 4.14. The van der Waals surface area contributed by atoms with Crippen molar-refractivity contribution in [2.24, 2.45) is 0 Å². The van der Waals surface area contributed by atoms with Crippen LogP contribution in [0.5, 0.6) is 0 Å². The fraction of sp³-hybridized carbons (Fsp3) is 0.360. The molecule has 2 aromatic carbocycles. The Labute approximate surface area is 188 Å². The first-order valence-electron chi connectivity index (χ1n) is 11.0. The third-order valence-electron chi connectivity index (χ3n) is 6.50. The molecule has 1 saturated heterocycles. The molecule has 0 aliphatic carbocycles. The van der Waals surface area contributed by atoms with E-state index >= 15 is 0 Å². The van der Waals surface area contributed by atoms with Gasteiger partial charge in [-0.2, -0.15) is 0 Å². The number of rotatable bonds is 6. The zero-order valence-corrected chi connectivity index (χ0v) is 19.0. The van der Waals surface area contributed by atoms with Crippen LogP contribution in [0.3, 0.4) is 0 Å². The van der Waals surface area contributed by atoms with Gasteiger partial charge in [-0.25, -0.2) is 13.9 Å². The average molecular weight is 453 g/mol. The van der Waals surface area contributed by atoms with Crippen molar-refractivity contribution in [3.63, 3.8) is 0 Å². The first kappa shape index (κ1) is 22.4. The fourth-order valence-corrected chi connectivity index (χ4v) is 7.04. The number of amides is 1. The molecule has 0 bridgehead atoms. The van der Waals surface area contributed by atoms with Crippen LogP contribution in [0.2, 0.25) is 0 Å². The summed E-state index contributed by atoms with van der Waals surface area (Å²) < 4.78 is 24.9. The molecule has 6 nitrogen and oxygen atoms in total. The molecule has 1 fully saturated rings. The highest BCUT2D eigenvalue weighted by molar-refractivity contribution is 7.92. The van der Waals surface area contributed by atoms with E-state index in [0.29, 0.717) is 24.8 Å². The second-order valence-corrected chi connectivity index (χ2v) is 10.9. The number of nitrogens with zero attached hydrogens (tertiary/aromatic N) is 1. The zero-order valence-electron chi connectivity index (χ0n) is 18.2. The van der Waals surface area contributed by atoms with Crippen molar-refractivity contribution in [1.29, 1.82) is 0 Å². The SMILES string of the molecule is CCc1cc(Cc2ccc(C3(CC(=O)NO)CCCCS3(=O)=O)cc2)c2ccccc2n1. The number of benzene rings is 2. The lowest BCUT2D eigenvalue weighted by atomic mass is 9.87. The molecule has 1 aliphatic rings. The molecule has 1 aliphatic heterocycles. The van der Waals surface area contributed by atoms with E-state index in [2.05, 4.69) is 19.1 Å². The van der Waals surface area contributed by atoms with Crippen LogP contribution in [0.1, 0.15) is 55.0 Å². The van der Waals surface area contributed by atoms with Gasteiger partial charge in [0, 0.05) is 11.1 Å². The van der Waals surface area contributed by atoms with Crippen LogP contribution in [0.15, 0.2) is 54.6 Å². The van der Waals surface area contributed by atoms with E-state index in [9.17, 15) is 13.2 Å². The average Bonchev–Trinajstić information content (AvgIpc) is 2.80. The molecule has 7 heteroatoms. The molecule has 2 heterocycles. The number of hydrogen-bond acceptors (Lipinski definition) is 5. The Morgan fingerprint density at radius 1 is 1.12 bits per heavy atom. The standard InChI is InChI=1S/C25H28N2O4S/c1-2-21-16-19(22-7-3-4-8-23(22)26-21)15-18-9-11-20(12-10-18)25(17-24(28)27-29)13-5-6-14-32(25,30)31/h3-4,7-12,16,29H,2,5-6,13-15,17H2,1H3,(H,27,28). The maximum absolute atomic E-state index is 13.1. The number of pyridine rings is 1. The van der Waals surface area contributed by atoms with Crippen LogP contribution in [-0.4, -0.2) is 30.3 Å². The van der Waals surface area contributed by atoms with Crippen LogP contribution in [0.4, 0.5) is 0 Å². The second-order valence-electron chi connectivity index (χ2n) is 8.50. The Morgan fingerprint density at radius 2 is 1.88 bits per heavy atom. The van der Waals surface area contributed by atoms with Crippen LogP contribution in [0, 0.1) is 0 Å².